The lowest BCUT2D eigenvalue weighted by Gasteiger charge is -2.22. The van der Waals surface area contributed by atoms with Gasteiger partial charge in [0.15, 0.2) is 0 Å². The zero-order valence-electron chi connectivity index (χ0n) is 20.2. The lowest BCUT2D eigenvalue weighted by atomic mass is 9.98. The zero-order valence-corrected chi connectivity index (χ0v) is 20.2. The molecule has 1 aliphatic heterocycles. The van der Waals surface area contributed by atoms with Crippen molar-refractivity contribution in [3.05, 3.63) is 96.3 Å². The smallest absolute Gasteiger partial charge is 0.243 e. The van der Waals surface area contributed by atoms with E-state index in [0.29, 0.717) is 12.1 Å². The minimum Gasteiger partial charge on any atom is -0.497 e. The number of nitrogens with zero attached hydrogens (tertiary/aromatic N) is 6. The summed E-state index contributed by atoms with van der Waals surface area (Å²) in [4.78, 5) is 25.8. The van der Waals surface area contributed by atoms with Crippen molar-refractivity contribution in [2.45, 2.75) is 25.3 Å². The second kappa shape index (κ2) is 10.8. The van der Waals surface area contributed by atoms with Crippen LogP contribution in [-0.2, 0) is 9.59 Å². The summed E-state index contributed by atoms with van der Waals surface area (Å²) in [6.07, 6.45) is 2.15. The van der Waals surface area contributed by atoms with E-state index in [1.54, 1.807) is 31.4 Å². The second-order valence-electron chi connectivity index (χ2n) is 8.49. The number of methoxy groups -OCH3 is 1. The maximum absolute atomic E-state index is 13.3. The number of benzene rings is 3. The Morgan fingerprint density at radius 2 is 1.73 bits per heavy atom. The summed E-state index contributed by atoms with van der Waals surface area (Å²) < 4.78 is 6.79. The van der Waals surface area contributed by atoms with Gasteiger partial charge in [-0.2, -0.15) is 5.10 Å². The Labute approximate surface area is 213 Å². The van der Waals surface area contributed by atoms with Crippen LogP contribution in [0.2, 0.25) is 0 Å². The molecule has 1 N–H and O–H groups in total. The van der Waals surface area contributed by atoms with Crippen LogP contribution in [0.3, 0.4) is 0 Å². The maximum Gasteiger partial charge on any atom is 0.243 e. The van der Waals surface area contributed by atoms with Crippen molar-refractivity contribution in [2.75, 3.05) is 12.4 Å². The fraction of sp³-hybridized carbons (Fsp3) is 0.185. The molecule has 37 heavy (non-hydrogen) atoms. The quantitative estimate of drug-likeness (QED) is 0.398. The van der Waals surface area contributed by atoms with Gasteiger partial charge in [-0.15, -0.1) is 5.10 Å². The Balaban J connectivity index is 1.25. The van der Waals surface area contributed by atoms with E-state index in [9.17, 15) is 9.59 Å². The molecule has 1 aliphatic rings. The largest absolute Gasteiger partial charge is 0.497 e. The third-order valence-electron chi connectivity index (χ3n) is 6.10. The predicted octanol–water partition coefficient (Wildman–Crippen LogP) is 3.77. The molecule has 0 aliphatic carbocycles. The number of rotatable bonds is 8. The molecule has 10 nitrogen and oxygen atoms in total. The first kappa shape index (κ1) is 23.9. The van der Waals surface area contributed by atoms with E-state index in [4.69, 9.17) is 4.74 Å². The molecule has 0 bridgehead atoms. The number of aromatic nitrogens is 4. The van der Waals surface area contributed by atoms with Gasteiger partial charge in [0.2, 0.25) is 11.8 Å². The Morgan fingerprint density at radius 1 is 0.973 bits per heavy atom. The monoisotopic (exact) mass is 495 g/mol. The predicted molar refractivity (Wildman–Crippen MR) is 137 cm³/mol. The number of ether oxygens (including phenoxy) is 1. The van der Waals surface area contributed by atoms with Crippen LogP contribution < -0.4 is 10.1 Å². The summed E-state index contributed by atoms with van der Waals surface area (Å²) >= 11 is 0. The number of nitrogens with one attached hydrogen (secondary N) is 1. The Kier molecular flexibility index (Phi) is 6.98. The van der Waals surface area contributed by atoms with Crippen molar-refractivity contribution >= 4 is 23.2 Å². The van der Waals surface area contributed by atoms with E-state index in [1.807, 2.05) is 54.6 Å². The third-order valence-corrected chi connectivity index (χ3v) is 6.10. The minimum atomic E-state index is -0.254. The first-order valence-electron chi connectivity index (χ1n) is 11.8. The highest BCUT2D eigenvalue weighted by molar-refractivity contribution is 6.03. The van der Waals surface area contributed by atoms with Crippen LogP contribution in [0.5, 0.6) is 5.75 Å². The molecule has 1 atom stereocenters. The van der Waals surface area contributed by atoms with Crippen molar-refractivity contribution in [1.29, 1.82) is 0 Å². The number of anilines is 1. The Bertz CT molecular complexity index is 1390. The molecule has 10 heteroatoms. The number of hydrazone groups is 1. The van der Waals surface area contributed by atoms with Crippen LogP contribution in [0.4, 0.5) is 5.69 Å². The molecule has 2 amide bonds. The molecule has 4 aromatic rings. The highest BCUT2D eigenvalue weighted by Gasteiger charge is 2.33. The summed E-state index contributed by atoms with van der Waals surface area (Å²) in [5.41, 5.74) is 4.15. The number of carbonyl (C=O) groups is 2. The normalized spacial score (nSPS) is 14.8. The fourth-order valence-corrected chi connectivity index (χ4v) is 4.17. The number of carbonyl (C=O) groups excluding carboxylic acids is 2. The molecule has 0 saturated heterocycles. The van der Waals surface area contributed by atoms with E-state index < -0.39 is 0 Å². The molecular formula is C27H25N7O3. The molecule has 0 radical (unpaired) electrons. The van der Waals surface area contributed by atoms with Crippen LogP contribution in [0, 0.1) is 0 Å². The van der Waals surface area contributed by atoms with Gasteiger partial charge in [-0.25, -0.2) is 9.69 Å². The van der Waals surface area contributed by atoms with E-state index in [1.165, 1.54) is 16.0 Å². The number of tetrazole rings is 1. The van der Waals surface area contributed by atoms with Crippen LogP contribution in [0.15, 0.2) is 90.3 Å². The summed E-state index contributed by atoms with van der Waals surface area (Å²) in [6, 6.07) is 24.3. The van der Waals surface area contributed by atoms with Crippen molar-refractivity contribution in [2.24, 2.45) is 5.10 Å². The van der Waals surface area contributed by atoms with E-state index in [2.05, 4.69) is 25.9 Å². The van der Waals surface area contributed by atoms with Crippen molar-refractivity contribution in [1.82, 2.24) is 25.2 Å². The third kappa shape index (κ3) is 5.53. The van der Waals surface area contributed by atoms with Crippen LogP contribution >= 0.6 is 0 Å². The maximum atomic E-state index is 13.3. The average Bonchev–Trinajstić information content (AvgIpc) is 3.64. The van der Waals surface area contributed by atoms with Gasteiger partial charge in [-0.3, -0.25) is 9.59 Å². The number of amides is 2. The SMILES string of the molecule is COc1ccc([C@@H]2CC(c3ccccc3)=NN2C(=O)CCC(=O)Nc2ccc(-n3cnnn3)cc2)cc1. The van der Waals surface area contributed by atoms with E-state index in [0.717, 1.165) is 28.3 Å². The molecule has 5 rings (SSSR count). The van der Waals surface area contributed by atoms with Crippen LogP contribution in [-0.4, -0.2) is 49.9 Å². The van der Waals surface area contributed by atoms with Gasteiger partial charge in [-0.1, -0.05) is 42.5 Å². The fourth-order valence-electron chi connectivity index (χ4n) is 4.17. The lowest BCUT2D eigenvalue weighted by molar-refractivity contribution is -0.134. The molecule has 186 valence electrons. The number of hydrogen-bond donors (Lipinski definition) is 1. The molecular weight excluding hydrogens is 470 g/mol. The molecule has 1 aromatic heterocycles. The average molecular weight is 496 g/mol. The van der Waals surface area contributed by atoms with Crippen molar-refractivity contribution < 1.29 is 14.3 Å². The topological polar surface area (TPSA) is 115 Å². The summed E-state index contributed by atoms with van der Waals surface area (Å²) in [5.74, 6) is 0.276. The van der Waals surface area contributed by atoms with Gasteiger partial charge in [0.05, 0.1) is 24.6 Å². The van der Waals surface area contributed by atoms with E-state index >= 15 is 0 Å². The Morgan fingerprint density at radius 3 is 2.41 bits per heavy atom. The van der Waals surface area contributed by atoms with Crippen LogP contribution in [0.1, 0.15) is 36.4 Å². The first-order valence-corrected chi connectivity index (χ1v) is 11.8. The van der Waals surface area contributed by atoms with Crippen molar-refractivity contribution in [3.63, 3.8) is 0 Å². The van der Waals surface area contributed by atoms with Gasteiger partial charge < -0.3 is 10.1 Å². The van der Waals surface area contributed by atoms with Crippen molar-refractivity contribution in [3.8, 4) is 11.4 Å². The molecule has 2 heterocycles. The summed E-state index contributed by atoms with van der Waals surface area (Å²) in [6.45, 7) is 0. The standard InChI is InChI=1S/C27H25N7O3/c1-37-23-13-7-20(8-14-23)25-17-24(19-5-3-2-4-6-19)30-34(25)27(36)16-15-26(35)29-21-9-11-22(12-10-21)33-18-28-31-32-33/h2-14,18,25H,15-17H2,1H3,(H,29,35)/t25-/m0/s1. The molecule has 0 saturated carbocycles. The van der Waals surface area contributed by atoms with Gasteiger partial charge in [-0.05, 0) is 58.0 Å². The van der Waals surface area contributed by atoms with Crippen LogP contribution in [0.25, 0.3) is 5.69 Å². The molecule has 0 unspecified atom stereocenters. The van der Waals surface area contributed by atoms with Gasteiger partial charge in [0.25, 0.3) is 0 Å². The zero-order chi connectivity index (χ0) is 25.6. The van der Waals surface area contributed by atoms with Gasteiger partial charge in [0, 0.05) is 24.9 Å². The molecule has 0 fully saturated rings. The number of hydrogen-bond acceptors (Lipinski definition) is 7. The summed E-state index contributed by atoms with van der Waals surface area (Å²) in [7, 11) is 1.62. The second-order valence-corrected chi connectivity index (χ2v) is 8.49. The summed E-state index contributed by atoms with van der Waals surface area (Å²) in [5, 5.41) is 20.1. The lowest BCUT2D eigenvalue weighted by Crippen LogP contribution is -2.28. The highest BCUT2D eigenvalue weighted by Crippen LogP contribution is 2.34. The molecule has 3 aromatic carbocycles. The minimum absolute atomic E-state index is 0.0345. The van der Waals surface area contributed by atoms with E-state index in [-0.39, 0.29) is 30.7 Å². The Hall–Kier alpha value is -4.86. The van der Waals surface area contributed by atoms with Gasteiger partial charge >= 0.3 is 0 Å². The van der Waals surface area contributed by atoms with Gasteiger partial charge in [0.1, 0.15) is 12.1 Å². The molecule has 0 spiro atoms. The first-order chi connectivity index (χ1) is 18.1. The highest BCUT2D eigenvalue weighted by atomic mass is 16.5.